The van der Waals surface area contributed by atoms with Crippen molar-refractivity contribution in [3.63, 3.8) is 0 Å². The lowest BCUT2D eigenvalue weighted by Crippen LogP contribution is -2.51. The van der Waals surface area contributed by atoms with Crippen LogP contribution in [0.2, 0.25) is 0 Å². The Balaban J connectivity index is 1.35. The van der Waals surface area contributed by atoms with E-state index in [1.807, 2.05) is 42.5 Å². The number of sulfonamides is 1. The fraction of sp³-hybridized carbons (Fsp3) is 0.333. The molecule has 0 atom stereocenters. The molecule has 0 radical (unpaired) electrons. The summed E-state index contributed by atoms with van der Waals surface area (Å²) in [4.78, 5) is 14.3. The maximum atomic E-state index is 12.9. The fourth-order valence-corrected chi connectivity index (χ4v) is 5.36. The van der Waals surface area contributed by atoms with E-state index in [1.165, 1.54) is 4.31 Å². The maximum absolute atomic E-state index is 12.9. The van der Waals surface area contributed by atoms with E-state index in [4.69, 9.17) is 9.26 Å². The molecule has 0 bridgehead atoms. The minimum absolute atomic E-state index is 0.0883. The Kier molecular flexibility index (Phi) is 5.48. The van der Waals surface area contributed by atoms with Crippen molar-refractivity contribution in [2.45, 2.75) is 18.7 Å². The van der Waals surface area contributed by atoms with Crippen molar-refractivity contribution in [1.29, 1.82) is 0 Å². The molecule has 1 saturated heterocycles. The van der Waals surface area contributed by atoms with Crippen LogP contribution in [0.3, 0.4) is 0 Å². The molecular weight excluding hydrogens is 406 g/mol. The second-order valence-electron chi connectivity index (χ2n) is 7.24. The molecule has 0 unspecified atom stereocenters. The largest absolute Gasteiger partial charge is 0.484 e. The van der Waals surface area contributed by atoms with Crippen LogP contribution >= 0.6 is 0 Å². The smallest absolute Gasteiger partial charge is 0.260 e. The molecule has 0 aliphatic carbocycles. The molecule has 158 valence electrons. The molecule has 0 saturated carbocycles. The monoisotopic (exact) mass is 429 g/mol. The molecular formula is C21H23N3O5S. The van der Waals surface area contributed by atoms with E-state index in [1.54, 1.807) is 18.7 Å². The lowest BCUT2D eigenvalue weighted by molar-refractivity contribution is -0.134. The van der Waals surface area contributed by atoms with Gasteiger partial charge in [-0.05, 0) is 36.8 Å². The molecule has 9 heteroatoms. The second kappa shape index (κ2) is 8.08. The lowest BCUT2D eigenvalue weighted by Gasteiger charge is -2.33. The van der Waals surface area contributed by atoms with Gasteiger partial charge in [-0.2, -0.15) is 4.31 Å². The van der Waals surface area contributed by atoms with Crippen molar-refractivity contribution >= 4 is 26.7 Å². The molecule has 3 aromatic rings. The van der Waals surface area contributed by atoms with Crippen molar-refractivity contribution in [3.05, 3.63) is 53.9 Å². The van der Waals surface area contributed by atoms with E-state index < -0.39 is 10.0 Å². The summed E-state index contributed by atoms with van der Waals surface area (Å²) < 4.78 is 37.8. The van der Waals surface area contributed by atoms with Crippen LogP contribution < -0.4 is 4.74 Å². The predicted molar refractivity (Wildman–Crippen MR) is 111 cm³/mol. The van der Waals surface area contributed by atoms with Gasteiger partial charge in [0, 0.05) is 26.2 Å². The lowest BCUT2D eigenvalue weighted by atomic mass is 10.1. The van der Waals surface area contributed by atoms with Crippen molar-refractivity contribution in [1.82, 2.24) is 14.4 Å². The Labute approximate surface area is 175 Å². The highest BCUT2D eigenvalue weighted by Gasteiger charge is 2.34. The molecule has 1 fully saturated rings. The molecule has 8 nitrogen and oxygen atoms in total. The number of ether oxygens (including phenoxy) is 1. The third kappa shape index (κ3) is 3.90. The normalized spacial score (nSPS) is 15.5. The Morgan fingerprint density at radius 2 is 1.77 bits per heavy atom. The number of hydrogen-bond acceptors (Lipinski definition) is 6. The van der Waals surface area contributed by atoms with Gasteiger partial charge in [-0.3, -0.25) is 4.79 Å². The number of aryl methyl sites for hydroxylation is 2. The molecule has 4 rings (SSSR count). The topological polar surface area (TPSA) is 93.0 Å². The number of carbonyl (C=O) groups excluding carboxylic acids is 1. The first-order valence-corrected chi connectivity index (χ1v) is 11.1. The van der Waals surface area contributed by atoms with Gasteiger partial charge in [0.1, 0.15) is 16.3 Å². The molecule has 0 N–H and O–H groups in total. The second-order valence-corrected chi connectivity index (χ2v) is 9.11. The third-order valence-corrected chi connectivity index (χ3v) is 7.38. The summed E-state index contributed by atoms with van der Waals surface area (Å²) in [7, 11) is -3.70. The quantitative estimate of drug-likeness (QED) is 0.618. The van der Waals surface area contributed by atoms with Gasteiger partial charge in [0.15, 0.2) is 12.4 Å². The minimum Gasteiger partial charge on any atom is -0.484 e. The van der Waals surface area contributed by atoms with Crippen LogP contribution in [-0.4, -0.2) is 61.5 Å². The van der Waals surface area contributed by atoms with Gasteiger partial charge in [0.25, 0.3) is 5.91 Å². The van der Waals surface area contributed by atoms with Crippen LogP contribution in [-0.2, 0) is 14.8 Å². The van der Waals surface area contributed by atoms with Crippen LogP contribution in [0.1, 0.15) is 11.5 Å². The SMILES string of the molecule is Cc1noc(C)c1S(=O)(=O)N1CCN(C(=O)COc2ccc3ccccc3c2)CC1. The highest BCUT2D eigenvalue weighted by atomic mass is 32.2. The highest BCUT2D eigenvalue weighted by Crippen LogP contribution is 2.24. The van der Waals surface area contributed by atoms with Crippen molar-refractivity contribution in [2.75, 3.05) is 32.8 Å². The Morgan fingerprint density at radius 1 is 1.07 bits per heavy atom. The van der Waals surface area contributed by atoms with Crippen molar-refractivity contribution in [3.8, 4) is 5.75 Å². The fourth-order valence-electron chi connectivity index (χ4n) is 3.64. The maximum Gasteiger partial charge on any atom is 0.260 e. The van der Waals surface area contributed by atoms with E-state index in [0.717, 1.165) is 10.8 Å². The molecule has 1 aliphatic heterocycles. The number of nitrogens with zero attached hydrogens (tertiary/aromatic N) is 3. The molecule has 2 heterocycles. The Morgan fingerprint density at radius 3 is 2.43 bits per heavy atom. The summed E-state index contributed by atoms with van der Waals surface area (Å²) >= 11 is 0. The third-order valence-electron chi connectivity index (χ3n) is 5.24. The standard InChI is InChI=1S/C21H23N3O5S/c1-15-21(16(2)29-22-15)30(26,27)24-11-9-23(10-12-24)20(25)14-28-19-8-7-17-5-3-4-6-18(17)13-19/h3-8,13H,9-12,14H2,1-2H3. The van der Waals surface area contributed by atoms with Gasteiger partial charge in [0.2, 0.25) is 10.0 Å². The van der Waals surface area contributed by atoms with E-state index in [9.17, 15) is 13.2 Å². The van der Waals surface area contributed by atoms with Gasteiger partial charge in [0.05, 0.1) is 0 Å². The van der Waals surface area contributed by atoms with Crippen molar-refractivity contribution in [2.24, 2.45) is 0 Å². The Hall–Kier alpha value is -2.91. The number of hydrogen-bond donors (Lipinski definition) is 0. The number of fused-ring (bicyclic) bond motifs is 1. The number of rotatable bonds is 5. The zero-order valence-corrected chi connectivity index (χ0v) is 17.7. The minimum atomic E-state index is -3.70. The highest BCUT2D eigenvalue weighted by molar-refractivity contribution is 7.89. The van der Waals surface area contributed by atoms with Gasteiger partial charge >= 0.3 is 0 Å². The van der Waals surface area contributed by atoms with Gasteiger partial charge in [-0.25, -0.2) is 8.42 Å². The molecule has 30 heavy (non-hydrogen) atoms. The molecule has 1 aromatic heterocycles. The van der Waals surface area contributed by atoms with Crippen LogP contribution in [0.5, 0.6) is 5.75 Å². The van der Waals surface area contributed by atoms with Gasteiger partial charge in [-0.15, -0.1) is 0 Å². The first-order valence-electron chi connectivity index (χ1n) is 9.68. The number of amides is 1. The Bertz CT molecular complexity index is 1160. The number of benzene rings is 2. The van der Waals surface area contributed by atoms with Crippen LogP contribution in [0.4, 0.5) is 0 Å². The van der Waals surface area contributed by atoms with E-state index in [2.05, 4.69) is 5.16 Å². The van der Waals surface area contributed by atoms with E-state index in [-0.39, 0.29) is 36.3 Å². The average Bonchev–Trinajstić information content (AvgIpc) is 3.10. The van der Waals surface area contributed by atoms with E-state index >= 15 is 0 Å². The summed E-state index contributed by atoms with van der Waals surface area (Å²) in [5, 5.41) is 5.88. The van der Waals surface area contributed by atoms with Crippen molar-refractivity contribution < 1.29 is 22.5 Å². The summed E-state index contributed by atoms with van der Waals surface area (Å²) in [6.45, 7) is 4.15. The summed E-state index contributed by atoms with van der Waals surface area (Å²) in [5.41, 5.74) is 0.342. The molecule has 0 spiro atoms. The first-order chi connectivity index (χ1) is 14.4. The van der Waals surface area contributed by atoms with Crippen LogP contribution in [0, 0.1) is 13.8 Å². The van der Waals surface area contributed by atoms with Crippen LogP contribution in [0.15, 0.2) is 51.9 Å². The number of piperazine rings is 1. The summed E-state index contributed by atoms with van der Waals surface area (Å²) in [6.07, 6.45) is 0. The van der Waals surface area contributed by atoms with Gasteiger partial charge in [-0.1, -0.05) is 35.5 Å². The van der Waals surface area contributed by atoms with Gasteiger partial charge < -0.3 is 14.2 Å². The number of aromatic nitrogens is 1. The predicted octanol–water partition coefficient (Wildman–Crippen LogP) is 2.36. The first kappa shape index (κ1) is 20.4. The van der Waals surface area contributed by atoms with Crippen LogP contribution in [0.25, 0.3) is 10.8 Å². The zero-order valence-electron chi connectivity index (χ0n) is 16.9. The average molecular weight is 429 g/mol. The van der Waals surface area contributed by atoms with E-state index in [0.29, 0.717) is 24.5 Å². The molecule has 2 aromatic carbocycles. The zero-order chi connectivity index (χ0) is 21.3. The number of carbonyl (C=O) groups is 1. The molecule has 1 aliphatic rings. The summed E-state index contributed by atoms with van der Waals surface area (Å²) in [5.74, 6) is 0.731. The summed E-state index contributed by atoms with van der Waals surface area (Å²) in [6, 6.07) is 13.6. The molecule has 1 amide bonds.